The Bertz CT molecular complexity index is 1070. The van der Waals surface area contributed by atoms with Crippen LogP contribution in [-0.4, -0.2) is 4.98 Å². The molecule has 0 fully saturated rings. The predicted octanol–water partition coefficient (Wildman–Crippen LogP) is 4.96. The number of nitrogens with zero attached hydrogens (tertiary/aromatic N) is 1. The Morgan fingerprint density at radius 1 is 1.10 bits per heavy atom. The number of pyridine rings is 1. The lowest BCUT2D eigenvalue weighted by molar-refractivity contribution is 0.670. The van der Waals surface area contributed by atoms with E-state index >= 15 is 0 Å². The van der Waals surface area contributed by atoms with Crippen molar-refractivity contribution in [2.24, 2.45) is 0 Å². The molecule has 0 aliphatic carbocycles. The third-order valence-corrected chi connectivity index (χ3v) is 3.38. The third-order valence-electron chi connectivity index (χ3n) is 3.38. The van der Waals surface area contributed by atoms with Crippen LogP contribution in [-0.2, 0) is 0 Å². The molecule has 0 atom stereocenters. The van der Waals surface area contributed by atoms with E-state index in [1.807, 2.05) is 42.5 Å². The van der Waals surface area contributed by atoms with Gasteiger partial charge in [-0.15, -0.1) is 0 Å². The van der Waals surface area contributed by atoms with Gasteiger partial charge in [0.15, 0.2) is 0 Å². The van der Waals surface area contributed by atoms with E-state index in [4.69, 9.17) is 9.90 Å². The normalized spacial score (nSPS) is 14.8. The van der Waals surface area contributed by atoms with Crippen LogP contribution in [0, 0.1) is 6.85 Å². The Labute approximate surface area is 122 Å². The summed E-state index contributed by atoms with van der Waals surface area (Å²) in [6.07, 6.45) is 1.28. The fraction of sp³-hybridized carbons (Fsp3) is 0.0556. The number of aromatic nitrogens is 1. The van der Waals surface area contributed by atoms with Crippen molar-refractivity contribution in [3.63, 3.8) is 0 Å². The molecule has 0 amide bonds. The molecule has 2 aromatic carbocycles. The van der Waals surface area contributed by atoms with Crippen molar-refractivity contribution in [2.45, 2.75) is 6.85 Å². The first-order valence-electron chi connectivity index (χ1n) is 8.33. The first-order chi connectivity index (χ1) is 11.4. The second-order valence-electron chi connectivity index (χ2n) is 4.63. The maximum atomic E-state index is 7.79. The van der Waals surface area contributed by atoms with E-state index in [0.717, 1.165) is 16.4 Å². The molecular formula is C18H13NO. The van der Waals surface area contributed by atoms with Gasteiger partial charge in [-0.3, -0.25) is 4.98 Å². The zero-order valence-electron chi connectivity index (χ0n) is 14.6. The number of hydrogen-bond donors (Lipinski definition) is 0. The largest absolute Gasteiger partial charge is 0.455 e. The minimum atomic E-state index is -2.35. The summed E-state index contributed by atoms with van der Waals surface area (Å²) >= 11 is 0. The van der Waals surface area contributed by atoms with Crippen molar-refractivity contribution >= 4 is 21.9 Å². The quantitative estimate of drug-likeness (QED) is 0.485. The fourth-order valence-corrected chi connectivity index (χ4v) is 2.48. The highest BCUT2D eigenvalue weighted by Gasteiger charge is 2.12. The molecule has 96 valence electrons. The van der Waals surface area contributed by atoms with Gasteiger partial charge in [0.05, 0.1) is 7.06 Å². The zero-order valence-corrected chi connectivity index (χ0v) is 10.6. The first-order valence-corrected chi connectivity index (χ1v) is 6.33. The van der Waals surface area contributed by atoms with Crippen molar-refractivity contribution in [3.8, 4) is 11.3 Å². The highest BCUT2D eigenvalue weighted by molar-refractivity contribution is 6.09. The molecule has 0 saturated heterocycles. The van der Waals surface area contributed by atoms with Gasteiger partial charge in [-0.25, -0.2) is 0 Å². The number of para-hydroxylation sites is 2. The van der Waals surface area contributed by atoms with Crippen molar-refractivity contribution < 1.29 is 9.90 Å². The van der Waals surface area contributed by atoms with Crippen LogP contribution < -0.4 is 0 Å². The van der Waals surface area contributed by atoms with E-state index < -0.39 is 6.85 Å². The Hall–Kier alpha value is -2.61. The SMILES string of the molecule is [2H]c1cnc(-c2cccc3c2oc2ccccc23)cc1C([2H])([2H])[2H]. The van der Waals surface area contributed by atoms with E-state index in [1.54, 1.807) is 0 Å². The van der Waals surface area contributed by atoms with Gasteiger partial charge < -0.3 is 4.42 Å². The molecule has 0 aliphatic rings. The second-order valence-corrected chi connectivity index (χ2v) is 4.63. The molecule has 0 radical (unpaired) electrons. The fourth-order valence-electron chi connectivity index (χ4n) is 2.48. The summed E-state index contributed by atoms with van der Waals surface area (Å²) in [7, 11) is 0. The molecule has 2 aromatic heterocycles. The number of benzene rings is 2. The van der Waals surface area contributed by atoms with E-state index in [2.05, 4.69) is 4.98 Å². The van der Waals surface area contributed by atoms with Gasteiger partial charge in [-0.2, -0.15) is 0 Å². The Balaban J connectivity index is 2.00. The lowest BCUT2D eigenvalue weighted by Gasteiger charge is -2.02. The number of aryl methyl sites for hydroxylation is 1. The van der Waals surface area contributed by atoms with Crippen LogP contribution in [0.3, 0.4) is 0 Å². The lowest BCUT2D eigenvalue weighted by Crippen LogP contribution is -1.84. The van der Waals surface area contributed by atoms with Crippen LogP contribution in [0.1, 0.15) is 11.0 Å². The van der Waals surface area contributed by atoms with E-state index in [9.17, 15) is 0 Å². The van der Waals surface area contributed by atoms with Gasteiger partial charge in [-0.05, 0) is 36.7 Å². The molecule has 2 heterocycles. The van der Waals surface area contributed by atoms with Crippen molar-refractivity contribution in [1.82, 2.24) is 4.98 Å². The Morgan fingerprint density at radius 3 is 2.95 bits per heavy atom. The van der Waals surface area contributed by atoms with Crippen molar-refractivity contribution in [3.05, 3.63) is 66.3 Å². The molecule has 0 saturated carbocycles. The highest BCUT2D eigenvalue weighted by Crippen LogP contribution is 2.34. The molecule has 0 bridgehead atoms. The summed E-state index contributed by atoms with van der Waals surface area (Å²) in [6.45, 7) is -2.35. The molecule has 0 unspecified atom stereocenters. The first kappa shape index (κ1) is 7.85. The Morgan fingerprint density at radius 2 is 2.00 bits per heavy atom. The van der Waals surface area contributed by atoms with Gasteiger partial charge in [0.2, 0.25) is 0 Å². The smallest absolute Gasteiger partial charge is 0.144 e. The van der Waals surface area contributed by atoms with E-state index in [-0.39, 0.29) is 11.6 Å². The summed E-state index contributed by atoms with van der Waals surface area (Å²) in [6, 6.07) is 14.8. The monoisotopic (exact) mass is 263 g/mol. The number of hydrogen-bond acceptors (Lipinski definition) is 2. The molecule has 20 heavy (non-hydrogen) atoms. The average molecular weight is 263 g/mol. The maximum absolute atomic E-state index is 7.79. The zero-order chi connectivity index (χ0) is 16.9. The topological polar surface area (TPSA) is 26.0 Å². The summed E-state index contributed by atoms with van der Waals surface area (Å²) in [5.74, 6) is 0. The van der Waals surface area contributed by atoms with Gasteiger partial charge in [0, 0.05) is 26.6 Å². The summed E-state index contributed by atoms with van der Waals surface area (Å²) < 4.78 is 36.5. The number of rotatable bonds is 1. The van der Waals surface area contributed by atoms with Gasteiger partial charge in [0.25, 0.3) is 0 Å². The third kappa shape index (κ3) is 1.62. The van der Waals surface area contributed by atoms with Crippen molar-refractivity contribution in [1.29, 1.82) is 0 Å². The highest BCUT2D eigenvalue weighted by atomic mass is 16.3. The van der Waals surface area contributed by atoms with E-state index in [0.29, 0.717) is 16.8 Å². The van der Waals surface area contributed by atoms with Crippen LogP contribution in [0.15, 0.2) is 65.2 Å². The molecule has 4 aromatic rings. The van der Waals surface area contributed by atoms with Crippen LogP contribution in [0.25, 0.3) is 33.2 Å². The van der Waals surface area contributed by atoms with E-state index in [1.165, 1.54) is 12.3 Å². The molecular weight excluding hydrogens is 246 g/mol. The molecule has 2 nitrogen and oxygen atoms in total. The molecule has 0 spiro atoms. The van der Waals surface area contributed by atoms with Crippen LogP contribution in [0.2, 0.25) is 0 Å². The summed E-state index contributed by atoms with van der Waals surface area (Å²) in [4.78, 5) is 4.25. The van der Waals surface area contributed by atoms with Crippen molar-refractivity contribution in [2.75, 3.05) is 0 Å². The minimum absolute atomic E-state index is 0.0133. The lowest BCUT2D eigenvalue weighted by atomic mass is 10.1. The van der Waals surface area contributed by atoms with Gasteiger partial charge >= 0.3 is 0 Å². The summed E-state index contributed by atoms with van der Waals surface area (Å²) in [5, 5.41) is 1.96. The van der Waals surface area contributed by atoms with Gasteiger partial charge in [-0.1, -0.05) is 30.3 Å². The molecule has 0 N–H and O–H groups in total. The van der Waals surface area contributed by atoms with Crippen LogP contribution in [0.5, 0.6) is 0 Å². The predicted molar refractivity (Wildman–Crippen MR) is 81.7 cm³/mol. The Kier molecular flexibility index (Phi) is 1.65. The summed E-state index contributed by atoms with van der Waals surface area (Å²) in [5.41, 5.74) is 2.63. The number of furan rings is 1. The standard InChI is InChI=1S/C18H13NO/c1-12-9-10-19-16(11-12)15-7-4-6-14-13-5-2-3-8-17(13)20-18(14)15/h2-11H,1H3/i1D3,9D. The maximum Gasteiger partial charge on any atom is 0.144 e. The molecule has 2 heteroatoms. The average Bonchev–Trinajstić information content (AvgIpc) is 2.93. The molecule has 0 aliphatic heterocycles. The number of fused-ring (bicyclic) bond motifs is 3. The second kappa shape index (κ2) is 4.20. The van der Waals surface area contributed by atoms with Crippen LogP contribution >= 0.6 is 0 Å². The molecule has 4 rings (SSSR count). The minimum Gasteiger partial charge on any atom is -0.455 e. The van der Waals surface area contributed by atoms with Gasteiger partial charge in [0.1, 0.15) is 11.2 Å². The van der Waals surface area contributed by atoms with Crippen LogP contribution in [0.4, 0.5) is 0 Å².